The van der Waals surface area contributed by atoms with Crippen LogP contribution in [0.3, 0.4) is 0 Å². The number of carboxylic acids is 1. The first-order valence-electron chi connectivity index (χ1n) is 4.50. The van der Waals surface area contributed by atoms with E-state index < -0.39 is 17.5 Å². The van der Waals surface area contributed by atoms with Crippen molar-refractivity contribution >= 4 is 17.3 Å². The molecule has 78 valence electrons. The second kappa shape index (κ2) is 3.33. The smallest absolute Gasteiger partial charge is 0.333 e. The van der Waals surface area contributed by atoms with Gasteiger partial charge in [-0.2, -0.15) is 5.26 Å². The summed E-state index contributed by atoms with van der Waals surface area (Å²) in [5, 5.41) is 28.7. The van der Waals surface area contributed by atoms with Gasteiger partial charge in [-0.3, -0.25) is 0 Å². The Morgan fingerprint density at radius 3 is 2.73 bits per heavy atom. The zero-order valence-electron chi connectivity index (χ0n) is 7.80. The van der Waals surface area contributed by atoms with Crippen LogP contribution < -0.4 is 0 Å². The number of carbonyl (C=O) groups is 1. The third kappa shape index (κ3) is 1.52. The van der Waals surface area contributed by atoms with E-state index in [0.717, 1.165) is 4.88 Å². The fraction of sp³-hybridized carbons (Fsp3) is 0.400. The zero-order valence-corrected chi connectivity index (χ0v) is 8.62. The standard InChI is InChI=1S/C10H9NO3S/c11-4-6-3-7(15-5-6)10(1-2-10)8(12)9(13)14/h3,5,8,12H,1-2H2,(H,13,14). The minimum atomic E-state index is -1.36. The average molecular weight is 223 g/mol. The van der Waals surface area contributed by atoms with Crippen LogP contribution in [-0.4, -0.2) is 22.3 Å². The normalized spacial score (nSPS) is 19.2. The summed E-state index contributed by atoms with van der Waals surface area (Å²) in [4.78, 5) is 11.5. The highest BCUT2D eigenvalue weighted by Crippen LogP contribution is 2.53. The van der Waals surface area contributed by atoms with Crippen LogP contribution in [0.25, 0.3) is 0 Å². The Kier molecular flexibility index (Phi) is 2.25. The van der Waals surface area contributed by atoms with Gasteiger partial charge in [-0.15, -0.1) is 11.3 Å². The van der Waals surface area contributed by atoms with Gasteiger partial charge < -0.3 is 10.2 Å². The Morgan fingerprint density at radius 1 is 1.67 bits per heavy atom. The van der Waals surface area contributed by atoms with Crippen molar-refractivity contribution < 1.29 is 15.0 Å². The van der Waals surface area contributed by atoms with E-state index in [1.807, 2.05) is 6.07 Å². The van der Waals surface area contributed by atoms with Gasteiger partial charge in [0, 0.05) is 15.7 Å². The maximum Gasteiger partial charge on any atom is 0.333 e. The van der Waals surface area contributed by atoms with Crippen molar-refractivity contribution in [2.75, 3.05) is 0 Å². The van der Waals surface area contributed by atoms with Crippen molar-refractivity contribution in [3.8, 4) is 6.07 Å². The molecule has 1 aliphatic carbocycles. The highest BCUT2D eigenvalue weighted by atomic mass is 32.1. The van der Waals surface area contributed by atoms with Gasteiger partial charge in [-0.05, 0) is 18.9 Å². The van der Waals surface area contributed by atoms with Crippen LogP contribution >= 0.6 is 11.3 Å². The molecule has 1 aromatic rings. The van der Waals surface area contributed by atoms with Crippen molar-refractivity contribution in [2.24, 2.45) is 0 Å². The summed E-state index contributed by atoms with van der Waals surface area (Å²) in [5.74, 6) is -1.19. The number of aliphatic carboxylic acids is 1. The maximum absolute atomic E-state index is 10.7. The monoisotopic (exact) mass is 223 g/mol. The van der Waals surface area contributed by atoms with E-state index in [1.54, 1.807) is 11.4 Å². The average Bonchev–Trinajstić information content (AvgIpc) is 2.88. The Bertz CT molecular complexity index is 442. The first-order chi connectivity index (χ1) is 7.10. The molecule has 1 aliphatic rings. The molecule has 1 fully saturated rings. The molecular formula is C10H9NO3S. The fourth-order valence-electron chi connectivity index (χ4n) is 1.68. The highest BCUT2D eigenvalue weighted by Gasteiger charge is 2.54. The molecule has 0 amide bonds. The van der Waals surface area contributed by atoms with Gasteiger partial charge in [-0.25, -0.2) is 4.79 Å². The van der Waals surface area contributed by atoms with Gasteiger partial charge in [-0.1, -0.05) is 0 Å². The van der Waals surface area contributed by atoms with Crippen LogP contribution in [0.15, 0.2) is 11.4 Å². The van der Waals surface area contributed by atoms with Gasteiger partial charge in [0.05, 0.1) is 5.56 Å². The number of aliphatic hydroxyl groups is 1. The Balaban J connectivity index is 2.31. The van der Waals surface area contributed by atoms with E-state index in [4.69, 9.17) is 10.4 Å². The molecule has 0 spiro atoms. The van der Waals surface area contributed by atoms with Crippen molar-refractivity contribution in [1.82, 2.24) is 0 Å². The lowest BCUT2D eigenvalue weighted by molar-refractivity contribution is -0.148. The minimum absolute atomic E-state index is 0.527. The molecule has 0 aliphatic heterocycles. The highest BCUT2D eigenvalue weighted by molar-refractivity contribution is 7.10. The molecule has 1 atom stereocenters. The second-order valence-corrected chi connectivity index (χ2v) is 4.62. The van der Waals surface area contributed by atoms with E-state index in [-0.39, 0.29) is 0 Å². The summed E-state index contributed by atoms with van der Waals surface area (Å²) in [6, 6.07) is 3.67. The number of thiophene rings is 1. The Hall–Kier alpha value is -1.38. The van der Waals surface area contributed by atoms with Gasteiger partial charge in [0.1, 0.15) is 6.07 Å². The van der Waals surface area contributed by atoms with Crippen molar-refractivity contribution in [3.63, 3.8) is 0 Å². The van der Waals surface area contributed by atoms with Gasteiger partial charge in [0.15, 0.2) is 6.10 Å². The summed E-state index contributed by atoms with van der Waals surface area (Å²) in [5.41, 5.74) is -0.107. The van der Waals surface area contributed by atoms with Crippen molar-refractivity contribution in [2.45, 2.75) is 24.4 Å². The van der Waals surface area contributed by atoms with E-state index in [9.17, 15) is 9.90 Å². The molecule has 0 aromatic carbocycles. The first kappa shape index (κ1) is 10.1. The quantitative estimate of drug-likeness (QED) is 0.803. The number of nitrogens with zero attached hydrogens (tertiary/aromatic N) is 1. The summed E-state index contributed by atoms with van der Waals surface area (Å²) in [6.45, 7) is 0. The molecule has 1 aromatic heterocycles. The fourth-order valence-corrected chi connectivity index (χ4v) is 2.80. The summed E-state index contributed by atoms with van der Waals surface area (Å²) in [6.07, 6.45) is -0.0137. The number of carboxylic acid groups (broad SMARTS) is 1. The van der Waals surface area contributed by atoms with Gasteiger partial charge >= 0.3 is 5.97 Å². The van der Waals surface area contributed by atoms with Crippen molar-refractivity contribution in [1.29, 1.82) is 5.26 Å². The van der Waals surface area contributed by atoms with Crippen LogP contribution in [0.1, 0.15) is 23.3 Å². The molecular weight excluding hydrogens is 214 g/mol. The molecule has 2 N–H and O–H groups in total. The zero-order chi connectivity index (χ0) is 11.1. The second-order valence-electron chi connectivity index (χ2n) is 3.71. The van der Waals surface area contributed by atoms with Crippen LogP contribution in [-0.2, 0) is 10.2 Å². The van der Waals surface area contributed by atoms with E-state index in [2.05, 4.69) is 0 Å². The molecule has 2 rings (SSSR count). The molecule has 15 heavy (non-hydrogen) atoms. The van der Waals surface area contributed by atoms with E-state index >= 15 is 0 Å². The Labute approximate surface area is 90.4 Å². The lowest BCUT2D eigenvalue weighted by Crippen LogP contribution is -2.33. The molecule has 0 saturated heterocycles. The van der Waals surface area contributed by atoms with Gasteiger partial charge in [0.25, 0.3) is 0 Å². The number of aliphatic hydroxyl groups excluding tert-OH is 1. The predicted octanol–water partition coefficient (Wildman–Crippen LogP) is 1.10. The Morgan fingerprint density at radius 2 is 2.33 bits per heavy atom. The molecule has 0 bridgehead atoms. The van der Waals surface area contributed by atoms with Crippen molar-refractivity contribution in [3.05, 3.63) is 21.9 Å². The number of hydrogen-bond acceptors (Lipinski definition) is 4. The number of rotatable bonds is 3. The van der Waals surface area contributed by atoms with E-state index in [1.165, 1.54) is 11.3 Å². The van der Waals surface area contributed by atoms with Crippen LogP contribution in [0.5, 0.6) is 0 Å². The molecule has 1 heterocycles. The lowest BCUT2D eigenvalue weighted by Gasteiger charge is -2.16. The topological polar surface area (TPSA) is 81.3 Å². The van der Waals surface area contributed by atoms with Crippen LogP contribution in [0, 0.1) is 11.3 Å². The molecule has 5 heteroatoms. The minimum Gasteiger partial charge on any atom is -0.479 e. The summed E-state index contributed by atoms with van der Waals surface area (Å²) < 4.78 is 0. The predicted molar refractivity (Wildman–Crippen MR) is 53.6 cm³/mol. The SMILES string of the molecule is N#Cc1csc(C2(C(O)C(=O)O)CC2)c1. The third-order valence-electron chi connectivity index (χ3n) is 2.77. The molecule has 4 nitrogen and oxygen atoms in total. The maximum atomic E-state index is 10.7. The summed E-state index contributed by atoms with van der Waals surface area (Å²) >= 11 is 1.34. The molecule has 0 radical (unpaired) electrons. The first-order valence-corrected chi connectivity index (χ1v) is 5.38. The molecule has 1 unspecified atom stereocenters. The van der Waals surface area contributed by atoms with Crippen LogP contribution in [0.2, 0.25) is 0 Å². The lowest BCUT2D eigenvalue weighted by atomic mass is 9.97. The number of nitriles is 1. The van der Waals surface area contributed by atoms with E-state index in [0.29, 0.717) is 18.4 Å². The largest absolute Gasteiger partial charge is 0.479 e. The number of hydrogen-bond donors (Lipinski definition) is 2. The van der Waals surface area contributed by atoms with Crippen LogP contribution in [0.4, 0.5) is 0 Å². The molecule has 1 saturated carbocycles. The third-order valence-corrected chi connectivity index (χ3v) is 3.92. The van der Waals surface area contributed by atoms with Gasteiger partial charge in [0.2, 0.25) is 0 Å². The summed E-state index contributed by atoms with van der Waals surface area (Å²) in [7, 11) is 0.